The largest absolute Gasteiger partial charge is 0.331 e. The van der Waals surface area contributed by atoms with Gasteiger partial charge in [0.2, 0.25) is 0 Å². The van der Waals surface area contributed by atoms with Crippen LogP contribution in [0, 0.1) is 0 Å². The molecule has 0 saturated carbocycles. The molecule has 212 valence electrons. The molecule has 39 heavy (non-hydrogen) atoms. The van der Waals surface area contributed by atoms with Gasteiger partial charge in [-0.05, 0) is 31.4 Å². The second-order valence-electron chi connectivity index (χ2n) is 9.50. The monoisotopic (exact) mass is 570 g/mol. The molecular formula is C28H42N8OS2. The normalized spacial score (nSPS) is 11.0. The quantitative estimate of drug-likeness (QED) is 0.141. The van der Waals surface area contributed by atoms with Crippen LogP contribution in [0.4, 0.5) is 0 Å². The highest BCUT2D eigenvalue weighted by atomic mass is 32.2. The van der Waals surface area contributed by atoms with Crippen LogP contribution in [0.3, 0.4) is 0 Å². The third-order valence-corrected chi connectivity index (χ3v) is 7.59. The first-order valence-electron chi connectivity index (χ1n) is 13.7. The van der Waals surface area contributed by atoms with Crippen molar-refractivity contribution in [2.75, 3.05) is 11.5 Å². The lowest BCUT2D eigenvalue weighted by Crippen LogP contribution is -2.03. The van der Waals surface area contributed by atoms with E-state index in [1.54, 1.807) is 19.3 Å². The van der Waals surface area contributed by atoms with E-state index in [9.17, 15) is 4.79 Å². The molecule has 11 heteroatoms. The summed E-state index contributed by atoms with van der Waals surface area (Å²) in [5.41, 5.74) is 0. The molecule has 0 bridgehead atoms. The van der Waals surface area contributed by atoms with E-state index in [2.05, 4.69) is 41.7 Å². The van der Waals surface area contributed by atoms with Gasteiger partial charge in [0, 0.05) is 89.4 Å². The highest BCUT2D eigenvalue weighted by Gasteiger charge is 2.11. The number of imidazole rings is 4. The topological polar surface area (TPSA) is 88.3 Å². The van der Waals surface area contributed by atoms with Crippen LogP contribution in [0.15, 0.2) is 49.6 Å². The Kier molecular flexibility index (Phi) is 13.4. The fraction of sp³-hybridized carbons (Fsp3) is 0.536. The number of aromatic nitrogens is 8. The first-order chi connectivity index (χ1) is 19.0. The number of thioether (sulfide) groups is 1. The lowest BCUT2D eigenvalue weighted by Gasteiger charge is -2.07. The number of thiol groups is 1. The number of nitrogens with zero attached hydrogens (tertiary/aromatic N) is 8. The summed E-state index contributed by atoms with van der Waals surface area (Å²) in [7, 11) is 3.97. The Labute approximate surface area is 241 Å². The summed E-state index contributed by atoms with van der Waals surface area (Å²) in [4.78, 5) is 28.3. The maximum absolute atomic E-state index is 10.8. The number of hydrogen-bond acceptors (Lipinski definition) is 7. The summed E-state index contributed by atoms with van der Waals surface area (Å²) in [6.45, 7) is 3.60. The van der Waals surface area contributed by atoms with Gasteiger partial charge in [-0.1, -0.05) is 37.4 Å². The van der Waals surface area contributed by atoms with Gasteiger partial charge in [0.05, 0.1) is 0 Å². The predicted molar refractivity (Wildman–Crippen MR) is 163 cm³/mol. The molecule has 9 nitrogen and oxygen atoms in total. The first-order valence-corrected chi connectivity index (χ1v) is 15.3. The van der Waals surface area contributed by atoms with Gasteiger partial charge < -0.3 is 18.3 Å². The number of aryl methyl sites for hydroxylation is 4. The first kappa shape index (κ1) is 30.7. The van der Waals surface area contributed by atoms with Crippen molar-refractivity contribution in [2.24, 2.45) is 14.1 Å². The lowest BCUT2D eigenvalue weighted by molar-refractivity contribution is -0.109. The molecule has 0 radical (unpaired) electrons. The Morgan fingerprint density at radius 3 is 1.54 bits per heavy atom. The van der Waals surface area contributed by atoms with Crippen molar-refractivity contribution in [2.45, 2.75) is 71.4 Å². The van der Waals surface area contributed by atoms with E-state index in [1.807, 2.05) is 60.4 Å². The molecule has 0 aromatic carbocycles. The van der Waals surface area contributed by atoms with Crippen molar-refractivity contribution in [1.29, 1.82) is 0 Å². The third kappa shape index (κ3) is 10.0. The zero-order valence-corrected chi connectivity index (χ0v) is 25.2. The van der Waals surface area contributed by atoms with E-state index in [4.69, 9.17) is 0 Å². The van der Waals surface area contributed by atoms with Crippen molar-refractivity contribution in [3.05, 3.63) is 49.6 Å². The molecule has 4 rings (SSSR count). The fourth-order valence-corrected chi connectivity index (χ4v) is 5.11. The van der Waals surface area contributed by atoms with Crippen LogP contribution >= 0.6 is 24.4 Å². The van der Waals surface area contributed by atoms with Gasteiger partial charge in [0.25, 0.3) is 0 Å². The molecular weight excluding hydrogens is 528 g/mol. The molecule has 0 aliphatic rings. The van der Waals surface area contributed by atoms with Crippen molar-refractivity contribution in [1.82, 2.24) is 38.2 Å². The Morgan fingerprint density at radius 1 is 0.667 bits per heavy atom. The van der Waals surface area contributed by atoms with E-state index >= 15 is 0 Å². The van der Waals surface area contributed by atoms with Crippen LogP contribution in [-0.2, 0) is 32.0 Å². The molecule has 0 saturated heterocycles. The SMILES string of the molecule is CC(=O)SCCCCCCn1ccnc1-c1nccn1C.Cn1ccnc1-c1nccn1CCCCCCS. The lowest BCUT2D eigenvalue weighted by atomic mass is 10.2. The van der Waals surface area contributed by atoms with Gasteiger partial charge in [0.1, 0.15) is 0 Å². The van der Waals surface area contributed by atoms with Gasteiger partial charge >= 0.3 is 0 Å². The zero-order valence-electron chi connectivity index (χ0n) is 23.4. The van der Waals surface area contributed by atoms with Gasteiger partial charge in [0.15, 0.2) is 28.4 Å². The van der Waals surface area contributed by atoms with Crippen LogP contribution in [0.5, 0.6) is 0 Å². The molecule has 0 atom stereocenters. The highest BCUT2D eigenvalue weighted by Crippen LogP contribution is 2.17. The summed E-state index contributed by atoms with van der Waals surface area (Å²) in [5, 5.41) is 0.216. The van der Waals surface area contributed by atoms with Crippen LogP contribution in [0.1, 0.15) is 58.3 Å². The van der Waals surface area contributed by atoms with Crippen molar-refractivity contribution in [3.8, 4) is 23.3 Å². The Hall–Kier alpha value is -2.79. The standard InChI is InChI=1S/C15H22N4OS.C13H20N4S/c1-13(20)21-12-6-4-3-5-9-19-11-8-17-15(19)14-16-7-10-18(14)2;1-16-9-6-14-12(16)13-15-7-10-17(13)8-4-2-3-5-11-18/h7-8,10-11H,3-6,9,12H2,1-2H3;6-7,9-10,18H,2-5,8,11H2,1H3. The Morgan fingerprint density at radius 2 is 1.10 bits per heavy atom. The van der Waals surface area contributed by atoms with E-state index in [0.29, 0.717) is 0 Å². The fourth-order valence-electron chi connectivity index (χ4n) is 4.25. The minimum atomic E-state index is 0.216. The average molecular weight is 571 g/mol. The van der Waals surface area contributed by atoms with E-state index in [1.165, 1.54) is 50.3 Å². The molecule has 0 spiro atoms. The molecule has 0 aliphatic carbocycles. The van der Waals surface area contributed by atoms with E-state index in [-0.39, 0.29) is 5.12 Å². The second kappa shape index (κ2) is 17.0. The minimum absolute atomic E-state index is 0.216. The molecule has 0 N–H and O–H groups in total. The number of rotatable bonds is 15. The summed E-state index contributed by atoms with van der Waals surface area (Å²) in [5.74, 6) is 5.64. The molecule has 4 aromatic heterocycles. The molecule has 4 heterocycles. The summed E-state index contributed by atoms with van der Waals surface area (Å²) >= 11 is 5.65. The minimum Gasteiger partial charge on any atom is -0.331 e. The predicted octanol–water partition coefficient (Wildman–Crippen LogP) is 5.90. The molecule has 0 aliphatic heterocycles. The van der Waals surface area contributed by atoms with Crippen LogP contribution in [-0.4, -0.2) is 54.8 Å². The van der Waals surface area contributed by atoms with E-state index < -0.39 is 0 Å². The summed E-state index contributed by atoms with van der Waals surface area (Å²) in [6, 6.07) is 0. The molecule has 4 aromatic rings. The van der Waals surface area contributed by atoms with Crippen LogP contribution < -0.4 is 0 Å². The maximum atomic E-state index is 10.8. The maximum Gasteiger partial charge on any atom is 0.185 e. The Bertz CT molecular complexity index is 1240. The van der Waals surface area contributed by atoms with Gasteiger partial charge in [-0.15, -0.1) is 0 Å². The third-order valence-electron chi connectivity index (χ3n) is 6.38. The molecule has 0 fully saturated rings. The van der Waals surface area contributed by atoms with Crippen LogP contribution in [0.2, 0.25) is 0 Å². The van der Waals surface area contributed by atoms with Gasteiger partial charge in [-0.2, -0.15) is 12.6 Å². The van der Waals surface area contributed by atoms with Crippen molar-refractivity contribution in [3.63, 3.8) is 0 Å². The Balaban J connectivity index is 0.000000218. The summed E-state index contributed by atoms with van der Waals surface area (Å²) < 4.78 is 8.33. The van der Waals surface area contributed by atoms with Gasteiger partial charge in [-0.3, -0.25) is 4.79 Å². The van der Waals surface area contributed by atoms with Gasteiger partial charge in [-0.25, -0.2) is 19.9 Å². The molecule has 0 unspecified atom stereocenters. The number of carbonyl (C=O) groups is 1. The average Bonchev–Trinajstić information content (AvgIpc) is 3.72. The zero-order chi connectivity index (χ0) is 27.9. The smallest absolute Gasteiger partial charge is 0.185 e. The van der Waals surface area contributed by atoms with E-state index in [0.717, 1.165) is 60.7 Å². The highest BCUT2D eigenvalue weighted by molar-refractivity contribution is 8.13. The second-order valence-corrected chi connectivity index (χ2v) is 11.2. The van der Waals surface area contributed by atoms with Crippen molar-refractivity contribution < 1.29 is 4.79 Å². The van der Waals surface area contributed by atoms with Crippen LogP contribution in [0.25, 0.3) is 23.3 Å². The molecule has 0 amide bonds. The summed E-state index contributed by atoms with van der Waals surface area (Å²) in [6.07, 6.45) is 24.7. The number of unbranched alkanes of at least 4 members (excludes halogenated alkanes) is 6. The number of hydrogen-bond donors (Lipinski definition) is 1. The van der Waals surface area contributed by atoms with Crippen molar-refractivity contribution >= 4 is 29.5 Å². The number of carbonyl (C=O) groups excluding carboxylic acids is 1.